The summed E-state index contributed by atoms with van der Waals surface area (Å²) in [7, 11) is 0. The Kier molecular flexibility index (Phi) is 2.93. The second-order valence-electron chi connectivity index (χ2n) is 2.02. The molecule has 58 valence electrons. The number of rotatable bonds is 2. The molecule has 0 saturated carbocycles. The minimum atomic E-state index is -0.609. The van der Waals surface area contributed by atoms with Gasteiger partial charge in [-0.2, -0.15) is 0 Å². The number of nitrogens with zero attached hydrogens (tertiary/aromatic N) is 1. The van der Waals surface area contributed by atoms with Gasteiger partial charge in [-0.25, -0.2) is 0 Å². The van der Waals surface area contributed by atoms with E-state index < -0.39 is 5.50 Å². The third kappa shape index (κ3) is 2.24. The largest absolute Gasteiger partial charge is 0.331 e. The van der Waals surface area contributed by atoms with Crippen LogP contribution in [0.2, 0.25) is 0 Å². The Bertz CT molecular complexity index is 204. The lowest BCUT2D eigenvalue weighted by atomic mass is 10.5. The van der Waals surface area contributed by atoms with Crippen molar-refractivity contribution in [1.29, 1.82) is 0 Å². The Labute approximate surface area is 70.4 Å². The van der Waals surface area contributed by atoms with Gasteiger partial charge in [0.15, 0.2) is 11.8 Å². The molecule has 0 aromatic rings. The van der Waals surface area contributed by atoms with Gasteiger partial charge in [0.2, 0.25) is 0 Å². The standard InChI is InChI=1S/C8H8ClNO/c9-8(7-11)10-5-3-1-2-4-6-10/h1-8H. The van der Waals surface area contributed by atoms with Crippen molar-refractivity contribution in [3.63, 3.8) is 0 Å². The molecule has 2 nitrogen and oxygen atoms in total. The maximum Gasteiger partial charge on any atom is 0.163 e. The number of halogens is 1. The number of alkyl halides is 1. The zero-order valence-corrected chi connectivity index (χ0v) is 6.61. The van der Waals surface area contributed by atoms with Crippen molar-refractivity contribution < 1.29 is 4.79 Å². The Balaban J connectivity index is 2.66. The summed E-state index contributed by atoms with van der Waals surface area (Å²) >= 11 is 5.64. The summed E-state index contributed by atoms with van der Waals surface area (Å²) in [6.07, 6.45) is 11.5. The van der Waals surface area contributed by atoms with E-state index in [4.69, 9.17) is 11.6 Å². The van der Waals surface area contributed by atoms with Crippen LogP contribution in [0, 0.1) is 0 Å². The molecule has 1 heterocycles. The molecule has 0 radical (unpaired) electrons. The van der Waals surface area contributed by atoms with E-state index in [0.29, 0.717) is 6.29 Å². The molecule has 0 spiro atoms. The summed E-state index contributed by atoms with van der Waals surface area (Å²) in [5.74, 6) is 0. The van der Waals surface area contributed by atoms with Gasteiger partial charge in [-0.05, 0) is 12.2 Å². The topological polar surface area (TPSA) is 20.3 Å². The van der Waals surface area contributed by atoms with Crippen molar-refractivity contribution in [2.24, 2.45) is 0 Å². The van der Waals surface area contributed by atoms with E-state index >= 15 is 0 Å². The zero-order valence-electron chi connectivity index (χ0n) is 5.85. The quantitative estimate of drug-likeness (QED) is 0.356. The third-order valence-electron chi connectivity index (χ3n) is 1.25. The summed E-state index contributed by atoms with van der Waals surface area (Å²) in [6, 6.07) is 0. The molecule has 0 aromatic heterocycles. The van der Waals surface area contributed by atoms with Gasteiger partial charge in [0, 0.05) is 12.4 Å². The van der Waals surface area contributed by atoms with E-state index in [0.717, 1.165) is 0 Å². The molecule has 0 fully saturated rings. The van der Waals surface area contributed by atoms with Crippen LogP contribution in [-0.4, -0.2) is 16.7 Å². The summed E-state index contributed by atoms with van der Waals surface area (Å²) < 4.78 is 0. The van der Waals surface area contributed by atoms with Gasteiger partial charge in [0.25, 0.3) is 0 Å². The Morgan fingerprint density at radius 3 is 2.18 bits per heavy atom. The predicted octanol–water partition coefficient (Wildman–Crippen LogP) is 1.65. The van der Waals surface area contributed by atoms with Gasteiger partial charge in [0.1, 0.15) is 0 Å². The molecule has 1 aliphatic heterocycles. The van der Waals surface area contributed by atoms with Crippen LogP contribution in [0.4, 0.5) is 0 Å². The van der Waals surface area contributed by atoms with Crippen molar-refractivity contribution in [3.8, 4) is 0 Å². The van der Waals surface area contributed by atoms with E-state index in [-0.39, 0.29) is 0 Å². The Morgan fingerprint density at radius 1 is 1.18 bits per heavy atom. The van der Waals surface area contributed by atoms with Crippen molar-refractivity contribution in [3.05, 3.63) is 36.7 Å². The molecular formula is C8H8ClNO. The van der Waals surface area contributed by atoms with Crippen LogP contribution in [0.25, 0.3) is 0 Å². The van der Waals surface area contributed by atoms with Gasteiger partial charge in [-0.3, -0.25) is 4.79 Å². The first kappa shape index (κ1) is 8.08. The second-order valence-corrected chi connectivity index (χ2v) is 2.47. The lowest BCUT2D eigenvalue weighted by molar-refractivity contribution is -0.109. The van der Waals surface area contributed by atoms with E-state index in [2.05, 4.69) is 0 Å². The third-order valence-corrected chi connectivity index (χ3v) is 1.58. The van der Waals surface area contributed by atoms with Crippen molar-refractivity contribution in [1.82, 2.24) is 4.90 Å². The van der Waals surface area contributed by atoms with E-state index in [1.165, 1.54) is 0 Å². The van der Waals surface area contributed by atoms with Crippen LogP contribution in [0.5, 0.6) is 0 Å². The maximum atomic E-state index is 10.3. The van der Waals surface area contributed by atoms with E-state index in [9.17, 15) is 4.79 Å². The highest BCUT2D eigenvalue weighted by molar-refractivity contribution is 6.27. The van der Waals surface area contributed by atoms with Crippen LogP contribution >= 0.6 is 11.6 Å². The number of allylic oxidation sites excluding steroid dienone is 4. The molecule has 1 rings (SSSR count). The van der Waals surface area contributed by atoms with Crippen molar-refractivity contribution in [2.75, 3.05) is 0 Å². The molecule has 11 heavy (non-hydrogen) atoms. The lowest BCUT2D eigenvalue weighted by Crippen LogP contribution is -2.20. The SMILES string of the molecule is O=CC(Cl)N1C=CC=CC=C1. The Morgan fingerprint density at radius 2 is 1.73 bits per heavy atom. The fourth-order valence-corrected chi connectivity index (χ4v) is 0.841. The molecule has 3 heteroatoms. The smallest absolute Gasteiger partial charge is 0.163 e. The van der Waals surface area contributed by atoms with Crippen LogP contribution in [0.15, 0.2) is 36.7 Å². The number of hydrogen-bond acceptors (Lipinski definition) is 2. The first-order valence-corrected chi connectivity index (χ1v) is 3.66. The molecule has 0 bridgehead atoms. The van der Waals surface area contributed by atoms with E-state index in [1.807, 2.05) is 24.3 Å². The van der Waals surface area contributed by atoms with E-state index in [1.54, 1.807) is 17.3 Å². The molecule has 0 amide bonds. The summed E-state index contributed by atoms with van der Waals surface area (Å²) in [5, 5.41) is 0. The highest BCUT2D eigenvalue weighted by Gasteiger charge is 2.06. The number of aldehydes is 1. The summed E-state index contributed by atoms with van der Waals surface area (Å²) in [5.41, 5.74) is -0.609. The summed E-state index contributed by atoms with van der Waals surface area (Å²) in [6.45, 7) is 0. The highest BCUT2D eigenvalue weighted by Crippen LogP contribution is 2.06. The van der Waals surface area contributed by atoms with Crippen LogP contribution in [0.1, 0.15) is 0 Å². The summed E-state index contributed by atoms with van der Waals surface area (Å²) in [4.78, 5) is 11.9. The molecule has 1 unspecified atom stereocenters. The van der Waals surface area contributed by atoms with Gasteiger partial charge in [0.05, 0.1) is 0 Å². The van der Waals surface area contributed by atoms with Gasteiger partial charge in [-0.15, -0.1) is 0 Å². The van der Waals surface area contributed by atoms with Crippen molar-refractivity contribution in [2.45, 2.75) is 5.50 Å². The number of hydrogen-bond donors (Lipinski definition) is 0. The molecule has 0 aromatic carbocycles. The van der Waals surface area contributed by atoms with Crippen molar-refractivity contribution >= 4 is 17.9 Å². The molecule has 0 N–H and O–H groups in total. The minimum absolute atomic E-state index is 0.609. The number of carbonyl (C=O) groups is 1. The molecule has 0 aliphatic carbocycles. The average Bonchev–Trinajstić information content (AvgIpc) is 2.30. The minimum Gasteiger partial charge on any atom is -0.331 e. The first-order valence-electron chi connectivity index (χ1n) is 3.23. The fraction of sp³-hybridized carbons (Fsp3) is 0.125. The number of carbonyl (C=O) groups excluding carboxylic acids is 1. The zero-order chi connectivity index (χ0) is 8.10. The fourth-order valence-electron chi connectivity index (χ4n) is 0.711. The first-order chi connectivity index (χ1) is 5.34. The normalized spacial score (nSPS) is 18.1. The molecular weight excluding hydrogens is 162 g/mol. The predicted molar refractivity (Wildman–Crippen MR) is 45.0 cm³/mol. The second kappa shape index (κ2) is 3.98. The van der Waals surface area contributed by atoms with Crippen LogP contribution in [-0.2, 0) is 4.79 Å². The molecule has 1 atom stereocenters. The monoisotopic (exact) mass is 169 g/mol. The molecule has 0 saturated heterocycles. The average molecular weight is 170 g/mol. The van der Waals surface area contributed by atoms with Crippen LogP contribution < -0.4 is 0 Å². The van der Waals surface area contributed by atoms with Crippen LogP contribution in [0.3, 0.4) is 0 Å². The maximum absolute atomic E-state index is 10.3. The Hall–Kier alpha value is -1.02. The molecule has 1 aliphatic rings. The lowest BCUT2D eigenvalue weighted by Gasteiger charge is -2.15. The van der Waals surface area contributed by atoms with Gasteiger partial charge < -0.3 is 4.90 Å². The van der Waals surface area contributed by atoms with Gasteiger partial charge in [-0.1, -0.05) is 23.8 Å². The highest BCUT2D eigenvalue weighted by atomic mass is 35.5. The van der Waals surface area contributed by atoms with Gasteiger partial charge >= 0.3 is 0 Å².